The average Bonchev–Trinajstić information content (AvgIpc) is 3.62. The molecule has 0 saturated carbocycles. The second kappa shape index (κ2) is 12.8. The Bertz CT molecular complexity index is 2870. The standard InChI is InChI=1S/C47H29N5O/c1-5-14-30(15-6-1)43-37-28-34(24-26-39(37)48-44(49-43)31-16-7-2-8-17-31)35-25-27-40-38(29-35)42-36(22-13-23-41(42)53-40)47-51-45(32-18-9-3-10-19-32)50-46(52-47)33-20-11-4-12-21-33/h1-29H. The Hall–Kier alpha value is -7.31. The lowest BCUT2D eigenvalue weighted by atomic mass is 9.98. The van der Waals surface area contributed by atoms with Crippen molar-refractivity contribution in [1.29, 1.82) is 0 Å². The summed E-state index contributed by atoms with van der Waals surface area (Å²) in [6.45, 7) is 0. The van der Waals surface area contributed by atoms with Gasteiger partial charge in [0.1, 0.15) is 11.2 Å². The maximum absolute atomic E-state index is 6.45. The van der Waals surface area contributed by atoms with E-state index < -0.39 is 0 Å². The Balaban J connectivity index is 1.15. The minimum Gasteiger partial charge on any atom is -0.456 e. The van der Waals surface area contributed by atoms with Crippen LogP contribution in [0.4, 0.5) is 0 Å². The first-order valence-corrected chi connectivity index (χ1v) is 17.5. The SMILES string of the molecule is c1ccc(-c2nc(-c3ccccc3)nc(-c3cccc4oc5ccc(-c6ccc7nc(-c8ccccc8)nc(-c8ccccc8)c7c6)cc5c34)n2)cc1. The van der Waals surface area contributed by atoms with E-state index in [-0.39, 0.29) is 0 Å². The molecule has 0 aliphatic heterocycles. The Morgan fingerprint density at radius 1 is 0.321 bits per heavy atom. The molecule has 0 amide bonds. The van der Waals surface area contributed by atoms with E-state index in [2.05, 4.69) is 48.5 Å². The lowest BCUT2D eigenvalue weighted by molar-refractivity contribution is 0.669. The zero-order chi connectivity index (χ0) is 35.1. The fraction of sp³-hybridized carbons (Fsp3) is 0. The third-order valence-corrected chi connectivity index (χ3v) is 9.54. The molecule has 6 nitrogen and oxygen atoms in total. The van der Waals surface area contributed by atoms with Crippen LogP contribution in [0.2, 0.25) is 0 Å². The first-order chi connectivity index (χ1) is 26.2. The molecule has 53 heavy (non-hydrogen) atoms. The van der Waals surface area contributed by atoms with E-state index in [9.17, 15) is 0 Å². The molecule has 3 heterocycles. The van der Waals surface area contributed by atoms with Gasteiger partial charge in [-0.05, 0) is 41.5 Å². The highest BCUT2D eigenvalue weighted by Gasteiger charge is 2.19. The van der Waals surface area contributed by atoms with Crippen molar-refractivity contribution in [3.05, 3.63) is 176 Å². The van der Waals surface area contributed by atoms with Crippen molar-refractivity contribution >= 4 is 32.8 Å². The van der Waals surface area contributed by atoms with Gasteiger partial charge in [0.25, 0.3) is 0 Å². The zero-order valence-corrected chi connectivity index (χ0v) is 28.4. The van der Waals surface area contributed by atoms with Gasteiger partial charge in [0.05, 0.1) is 11.2 Å². The van der Waals surface area contributed by atoms with Gasteiger partial charge in [-0.2, -0.15) is 0 Å². The number of fused-ring (bicyclic) bond motifs is 4. The number of nitrogens with zero attached hydrogens (tertiary/aromatic N) is 5. The van der Waals surface area contributed by atoms with Crippen LogP contribution < -0.4 is 0 Å². The Labute approximate surface area is 305 Å². The second-order valence-electron chi connectivity index (χ2n) is 12.9. The summed E-state index contributed by atoms with van der Waals surface area (Å²) in [6.07, 6.45) is 0. The molecule has 0 atom stereocenters. The summed E-state index contributed by atoms with van der Waals surface area (Å²) in [4.78, 5) is 25.1. The van der Waals surface area contributed by atoms with Crippen molar-refractivity contribution in [3.63, 3.8) is 0 Å². The van der Waals surface area contributed by atoms with Gasteiger partial charge in [0, 0.05) is 44.0 Å². The van der Waals surface area contributed by atoms with Gasteiger partial charge in [-0.3, -0.25) is 0 Å². The highest BCUT2D eigenvalue weighted by Crippen LogP contribution is 2.39. The maximum Gasteiger partial charge on any atom is 0.164 e. The Morgan fingerprint density at radius 3 is 1.43 bits per heavy atom. The lowest BCUT2D eigenvalue weighted by Crippen LogP contribution is -2.00. The first-order valence-electron chi connectivity index (χ1n) is 17.5. The minimum atomic E-state index is 0.584. The summed E-state index contributed by atoms with van der Waals surface area (Å²) in [5, 5.41) is 2.92. The van der Waals surface area contributed by atoms with Gasteiger partial charge in [0.2, 0.25) is 0 Å². The van der Waals surface area contributed by atoms with E-state index in [1.807, 2.05) is 127 Å². The van der Waals surface area contributed by atoms with Crippen LogP contribution in [0.3, 0.4) is 0 Å². The van der Waals surface area contributed by atoms with Crippen LogP contribution in [0.15, 0.2) is 180 Å². The summed E-state index contributed by atoms with van der Waals surface area (Å²) in [7, 11) is 0. The van der Waals surface area contributed by atoms with Crippen LogP contribution in [-0.2, 0) is 0 Å². The molecule has 3 aromatic heterocycles. The molecule has 0 N–H and O–H groups in total. The summed E-state index contributed by atoms with van der Waals surface area (Å²) < 4.78 is 6.45. The molecule has 0 aliphatic rings. The van der Waals surface area contributed by atoms with Crippen molar-refractivity contribution in [1.82, 2.24) is 24.9 Å². The molecule has 10 rings (SSSR count). The largest absolute Gasteiger partial charge is 0.456 e. The third-order valence-electron chi connectivity index (χ3n) is 9.54. The summed E-state index contributed by atoms with van der Waals surface area (Å²) in [5.41, 5.74) is 10.2. The lowest BCUT2D eigenvalue weighted by Gasteiger charge is -2.11. The molecule has 0 spiro atoms. The van der Waals surface area contributed by atoms with E-state index in [1.165, 1.54) is 0 Å². The average molecular weight is 680 g/mol. The second-order valence-corrected chi connectivity index (χ2v) is 12.9. The van der Waals surface area contributed by atoms with Crippen LogP contribution in [0.5, 0.6) is 0 Å². The number of benzene rings is 7. The van der Waals surface area contributed by atoms with Gasteiger partial charge < -0.3 is 4.42 Å². The summed E-state index contributed by atoms with van der Waals surface area (Å²) in [6, 6.07) is 59.3. The molecule has 10 aromatic rings. The Kier molecular flexibility index (Phi) is 7.36. The van der Waals surface area contributed by atoms with Crippen molar-refractivity contribution in [2.45, 2.75) is 0 Å². The minimum absolute atomic E-state index is 0.584. The smallest absolute Gasteiger partial charge is 0.164 e. The number of aromatic nitrogens is 5. The predicted molar refractivity (Wildman–Crippen MR) is 213 cm³/mol. The van der Waals surface area contributed by atoms with Gasteiger partial charge in [-0.25, -0.2) is 24.9 Å². The van der Waals surface area contributed by atoms with Crippen molar-refractivity contribution in [3.8, 4) is 67.9 Å². The van der Waals surface area contributed by atoms with Crippen LogP contribution >= 0.6 is 0 Å². The molecule has 248 valence electrons. The number of rotatable bonds is 6. The number of hydrogen-bond donors (Lipinski definition) is 0. The zero-order valence-electron chi connectivity index (χ0n) is 28.4. The monoisotopic (exact) mass is 679 g/mol. The molecule has 6 heteroatoms. The highest BCUT2D eigenvalue weighted by atomic mass is 16.3. The summed E-state index contributed by atoms with van der Waals surface area (Å²) in [5.74, 6) is 2.51. The normalized spacial score (nSPS) is 11.4. The topological polar surface area (TPSA) is 77.6 Å². The van der Waals surface area contributed by atoms with Gasteiger partial charge >= 0.3 is 0 Å². The number of hydrogen-bond acceptors (Lipinski definition) is 6. The van der Waals surface area contributed by atoms with Crippen LogP contribution in [0.1, 0.15) is 0 Å². The van der Waals surface area contributed by atoms with E-state index in [0.29, 0.717) is 23.3 Å². The van der Waals surface area contributed by atoms with E-state index in [4.69, 9.17) is 29.3 Å². The molecule has 0 saturated heterocycles. The van der Waals surface area contributed by atoms with Crippen molar-refractivity contribution < 1.29 is 4.42 Å². The molecular weight excluding hydrogens is 651 g/mol. The Morgan fingerprint density at radius 2 is 0.830 bits per heavy atom. The van der Waals surface area contributed by atoms with Crippen molar-refractivity contribution in [2.75, 3.05) is 0 Å². The predicted octanol–water partition coefficient (Wildman–Crippen LogP) is 11.7. The van der Waals surface area contributed by atoms with Crippen LogP contribution in [-0.4, -0.2) is 24.9 Å². The fourth-order valence-electron chi connectivity index (χ4n) is 6.96. The van der Waals surface area contributed by atoms with Crippen LogP contribution in [0, 0.1) is 0 Å². The van der Waals surface area contributed by atoms with Gasteiger partial charge in [-0.15, -0.1) is 0 Å². The van der Waals surface area contributed by atoms with Gasteiger partial charge in [-0.1, -0.05) is 146 Å². The van der Waals surface area contributed by atoms with Crippen molar-refractivity contribution in [2.24, 2.45) is 0 Å². The first kappa shape index (κ1) is 30.5. The molecule has 0 fully saturated rings. The molecule has 0 aliphatic carbocycles. The van der Waals surface area contributed by atoms with E-state index in [1.54, 1.807) is 0 Å². The van der Waals surface area contributed by atoms with Gasteiger partial charge in [0.15, 0.2) is 23.3 Å². The molecule has 7 aromatic carbocycles. The maximum atomic E-state index is 6.45. The third kappa shape index (κ3) is 5.59. The molecular formula is C47H29N5O. The summed E-state index contributed by atoms with van der Waals surface area (Å²) >= 11 is 0. The fourth-order valence-corrected chi connectivity index (χ4v) is 6.96. The number of furan rings is 1. The molecule has 0 bridgehead atoms. The highest BCUT2D eigenvalue weighted by molar-refractivity contribution is 6.13. The van der Waals surface area contributed by atoms with E-state index in [0.717, 1.165) is 77.5 Å². The molecule has 0 radical (unpaired) electrons. The van der Waals surface area contributed by atoms with E-state index >= 15 is 0 Å². The quantitative estimate of drug-likeness (QED) is 0.174. The molecule has 0 unspecified atom stereocenters. The van der Waals surface area contributed by atoms with Crippen LogP contribution in [0.25, 0.3) is 101 Å².